The van der Waals surface area contributed by atoms with Gasteiger partial charge in [0.1, 0.15) is 5.75 Å². The quantitative estimate of drug-likeness (QED) is 0.626. The van der Waals surface area contributed by atoms with Gasteiger partial charge in [-0.2, -0.15) is 0 Å². The highest BCUT2D eigenvalue weighted by molar-refractivity contribution is 5.29. The number of phenols is 1. The Hall–Kier alpha value is -0.980. The molecular formula is C9H11O. The molecule has 1 aromatic rings. The first-order valence-corrected chi connectivity index (χ1v) is 3.32. The highest BCUT2D eigenvalue weighted by atomic mass is 16.3. The van der Waals surface area contributed by atoms with Gasteiger partial charge in [-0.05, 0) is 30.5 Å². The molecule has 1 heteroatoms. The Bertz CT molecular complexity index is 216. The van der Waals surface area contributed by atoms with Crippen LogP contribution < -0.4 is 0 Å². The van der Waals surface area contributed by atoms with Crippen molar-refractivity contribution in [2.75, 3.05) is 0 Å². The predicted octanol–water partition coefficient (Wildman–Crippen LogP) is 2.33. The second-order valence-electron chi connectivity index (χ2n) is 2.50. The second kappa shape index (κ2) is 2.74. The Morgan fingerprint density at radius 3 is 2.60 bits per heavy atom. The second-order valence-corrected chi connectivity index (χ2v) is 2.50. The van der Waals surface area contributed by atoms with Gasteiger partial charge in [0.2, 0.25) is 0 Å². The molecule has 1 aromatic carbocycles. The Kier molecular flexibility index (Phi) is 1.95. The zero-order valence-electron chi connectivity index (χ0n) is 6.04. The third-order valence-electron chi connectivity index (χ3n) is 1.44. The summed E-state index contributed by atoms with van der Waals surface area (Å²) in [5, 5.41) is 9.03. The number of aromatic hydroxyl groups is 1. The number of benzene rings is 1. The standard InChI is InChI=1S/C9H11O/c1-7(2)8-4-3-5-9(10)6-8/h3-7,10H,1H2,2H3/t7-/m1/s1. The monoisotopic (exact) mass is 135 g/mol. The average Bonchev–Trinajstić information content (AvgIpc) is 1.88. The Balaban J connectivity index is 2.96. The minimum atomic E-state index is 0.243. The van der Waals surface area contributed by atoms with E-state index in [4.69, 9.17) is 5.11 Å². The van der Waals surface area contributed by atoms with Crippen molar-refractivity contribution in [3.8, 4) is 5.75 Å². The molecule has 0 bridgehead atoms. The van der Waals surface area contributed by atoms with Crippen LogP contribution in [0.2, 0.25) is 0 Å². The van der Waals surface area contributed by atoms with E-state index >= 15 is 0 Å². The molecule has 0 aliphatic heterocycles. The summed E-state index contributed by atoms with van der Waals surface area (Å²) in [5.41, 5.74) is 1.07. The van der Waals surface area contributed by atoms with E-state index in [1.165, 1.54) is 0 Å². The summed E-state index contributed by atoms with van der Waals surface area (Å²) in [5.74, 6) is 0.556. The fourth-order valence-corrected chi connectivity index (χ4v) is 0.831. The lowest BCUT2D eigenvalue weighted by molar-refractivity contribution is 0.474. The van der Waals surface area contributed by atoms with E-state index in [1.807, 2.05) is 19.1 Å². The van der Waals surface area contributed by atoms with Crippen LogP contribution in [0.5, 0.6) is 5.75 Å². The first-order valence-electron chi connectivity index (χ1n) is 3.32. The molecule has 53 valence electrons. The maximum absolute atomic E-state index is 9.03. The minimum absolute atomic E-state index is 0.243. The molecule has 10 heavy (non-hydrogen) atoms. The topological polar surface area (TPSA) is 20.2 Å². The van der Waals surface area contributed by atoms with Gasteiger partial charge in [-0.15, -0.1) is 0 Å². The Morgan fingerprint density at radius 1 is 1.50 bits per heavy atom. The molecule has 1 atom stereocenters. The van der Waals surface area contributed by atoms with Gasteiger partial charge in [-0.25, -0.2) is 0 Å². The fourth-order valence-electron chi connectivity index (χ4n) is 0.831. The molecule has 1 rings (SSSR count). The van der Waals surface area contributed by atoms with Gasteiger partial charge in [0.05, 0.1) is 0 Å². The van der Waals surface area contributed by atoms with Crippen molar-refractivity contribution in [1.82, 2.24) is 0 Å². The number of phenolic OH excluding ortho intramolecular Hbond substituents is 1. The summed E-state index contributed by atoms with van der Waals surface area (Å²) >= 11 is 0. The van der Waals surface area contributed by atoms with Crippen LogP contribution in [0.4, 0.5) is 0 Å². The lowest BCUT2D eigenvalue weighted by atomic mass is 10.0. The number of rotatable bonds is 1. The lowest BCUT2D eigenvalue weighted by Crippen LogP contribution is -1.84. The van der Waals surface area contributed by atoms with Crippen molar-refractivity contribution in [3.05, 3.63) is 36.8 Å². The smallest absolute Gasteiger partial charge is 0.115 e. The molecule has 1 radical (unpaired) electrons. The highest BCUT2D eigenvalue weighted by Gasteiger charge is 1.97. The van der Waals surface area contributed by atoms with E-state index in [2.05, 4.69) is 6.92 Å². The number of hydrogen-bond acceptors (Lipinski definition) is 1. The van der Waals surface area contributed by atoms with E-state index in [1.54, 1.807) is 12.1 Å². The van der Waals surface area contributed by atoms with Crippen LogP contribution in [0.3, 0.4) is 0 Å². The Morgan fingerprint density at radius 2 is 2.20 bits per heavy atom. The van der Waals surface area contributed by atoms with E-state index in [9.17, 15) is 0 Å². The SMILES string of the molecule is [CH2][C@H](C)c1cccc(O)c1. The lowest BCUT2D eigenvalue weighted by Gasteiger charge is -2.03. The summed E-state index contributed by atoms with van der Waals surface area (Å²) < 4.78 is 0. The summed E-state index contributed by atoms with van der Waals surface area (Å²) in [6.07, 6.45) is 0. The third kappa shape index (κ3) is 1.50. The first kappa shape index (κ1) is 7.13. The first-order chi connectivity index (χ1) is 4.70. The zero-order valence-corrected chi connectivity index (χ0v) is 6.04. The van der Waals surface area contributed by atoms with Gasteiger partial charge in [0, 0.05) is 0 Å². The van der Waals surface area contributed by atoms with Gasteiger partial charge in [-0.3, -0.25) is 0 Å². The van der Waals surface area contributed by atoms with Crippen LogP contribution in [-0.4, -0.2) is 5.11 Å². The molecular weight excluding hydrogens is 124 g/mol. The van der Waals surface area contributed by atoms with Gasteiger partial charge in [-0.1, -0.05) is 19.1 Å². The largest absolute Gasteiger partial charge is 0.508 e. The van der Waals surface area contributed by atoms with E-state index in [-0.39, 0.29) is 5.92 Å². The molecule has 0 fully saturated rings. The minimum Gasteiger partial charge on any atom is -0.508 e. The molecule has 0 heterocycles. The molecule has 0 aromatic heterocycles. The summed E-state index contributed by atoms with van der Waals surface area (Å²) in [7, 11) is 0. The van der Waals surface area contributed by atoms with Crippen molar-refractivity contribution >= 4 is 0 Å². The number of hydrogen-bond donors (Lipinski definition) is 1. The van der Waals surface area contributed by atoms with Crippen molar-refractivity contribution in [2.24, 2.45) is 0 Å². The molecule has 1 nitrogen and oxygen atoms in total. The van der Waals surface area contributed by atoms with Crippen molar-refractivity contribution in [3.63, 3.8) is 0 Å². The maximum atomic E-state index is 9.03. The molecule has 0 amide bonds. The third-order valence-corrected chi connectivity index (χ3v) is 1.44. The molecule has 0 saturated heterocycles. The van der Waals surface area contributed by atoms with E-state index in [0.29, 0.717) is 5.75 Å². The van der Waals surface area contributed by atoms with Crippen LogP contribution in [0, 0.1) is 6.92 Å². The summed E-state index contributed by atoms with van der Waals surface area (Å²) in [6, 6.07) is 7.17. The normalized spacial score (nSPS) is 10.3. The molecule has 0 aliphatic rings. The fraction of sp³-hybridized carbons (Fsp3) is 0.222. The molecule has 0 unspecified atom stereocenters. The van der Waals surface area contributed by atoms with Crippen LogP contribution >= 0.6 is 0 Å². The molecule has 1 N–H and O–H groups in total. The molecule has 0 aliphatic carbocycles. The average molecular weight is 135 g/mol. The maximum Gasteiger partial charge on any atom is 0.115 e. The van der Waals surface area contributed by atoms with Crippen LogP contribution in [0.25, 0.3) is 0 Å². The van der Waals surface area contributed by atoms with Gasteiger partial charge >= 0.3 is 0 Å². The van der Waals surface area contributed by atoms with Crippen molar-refractivity contribution in [2.45, 2.75) is 12.8 Å². The molecule has 0 spiro atoms. The van der Waals surface area contributed by atoms with Crippen LogP contribution in [-0.2, 0) is 0 Å². The van der Waals surface area contributed by atoms with Gasteiger partial charge in [0.15, 0.2) is 0 Å². The zero-order chi connectivity index (χ0) is 7.56. The highest BCUT2D eigenvalue weighted by Crippen LogP contribution is 2.17. The summed E-state index contributed by atoms with van der Waals surface area (Å²) in [6.45, 7) is 5.83. The van der Waals surface area contributed by atoms with Crippen LogP contribution in [0.1, 0.15) is 18.4 Å². The summed E-state index contributed by atoms with van der Waals surface area (Å²) in [4.78, 5) is 0. The van der Waals surface area contributed by atoms with Crippen molar-refractivity contribution < 1.29 is 5.11 Å². The van der Waals surface area contributed by atoms with Crippen molar-refractivity contribution in [1.29, 1.82) is 0 Å². The van der Waals surface area contributed by atoms with E-state index < -0.39 is 0 Å². The van der Waals surface area contributed by atoms with Gasteiger partial charge < -0.3 is 5.11 Å². The Labute approximate surface area is 61.3 Å². The predicted molar refractivity (Wildman–Crippen MR) is 41.9 cm³/mol. The van der Waals surface area contributed by atoms with E-state index in [0.717, 1.165) is 5.56 Å². The van der Waals surface area contributed by atoms with Crippen LogP contribution in [0.15, 0.2) is 24.3 Å². The van der Waals surface area contributed by atoms with Gasteiger partial charge in [0.25, 0.3) is 0 Å². The molecule has 0 saturated carbocycles.